The number of aromatic carboxylic acids is 1. The Balaban J connectivity index is 2.21. The number of carboxylic acid groups (broad SMARTS) is 1. The van der Waals surface area contributed by atoms with Crippen LogP contribution in [0.25, 0.3) is 0 Å². The van der Waals surface area contributed by atoms with E-state index in [4.69, 9.17) is 5.11 Å². The lowest BCUT2D eigenvalue weighted by Crippen LogP contribution is -2.35. The van der Waals surface area contributed by atoms with Gasteiger partial charge in [-0.1, -0.05) is 11.6 Å². The van der Waals surface area contributed by atoms with Gasteiger partial charge in [0, 0.05) is 24.8 Å². The number of nitrogens with zero attached hydrogens (tertiary/aromatic N) is 2. The van der Waals surface area contributed by atoms with Crippen LogP contribution in [0.15, 0.2) is 30.0 Å². The minimum atomic E-state index is -1.13. The molecule has 1 N–H and O–H groups in total. The van der Waals surface area contributed by atoms with E-state index >= 15 is 0 Å². The zero-order chi connectivity index (χ0) is 13.1. The third-order valence-corrected chi connectivity index (χ3v) is 2.85. The molecule has 0 radical (unpaired) electrons. The van der Waals surface area contributed by atoms with Gasteiger partial charge in [-0.2, -0.15) is 0 Å². The number of aromatic nitrogens is 1. The average Bonchev–Trinajstić information content (AvgIpc) is 2.38. The van der Waals surface area contributed by atoms with Gasteiger partial charge in [-0.05, 0) is 25.5 Å². The molecular weight excluding hydrogens is 232 g/mol. The molecule has 1 amide bonds. The number of pyridine rings is 1. The predicted octanol–water partition coefficient (Wildman–Crippen LogP) is 1.57. The van der Waals surface area contributed by atoms with Crippen molar-refractivity contribution in [2.45, 2.75) is 13.3 Å². The van der Waals surface area contributed by atoms with E-state index in [9.17, 15) is 9.59 Å². The molecular formula is C13H14N2O3. The van der Waals surface area contributed by atoms with Gasteiger partial charge >= 0.3 is 5.97 Å². The van der Waals surface area contributed by atoms with E-state index in [0.717, 1.165) is 12.0 Å². The summed E-state index contributed by atoms with van der Waals surface area (Å²) in [5.41, 5.74) is 1.42. The van der Waals surface area contributed by atoms with Crippen LogP contribution < -0.4 is 0 Å². The van der Waals surface area contributed by atoms with Crippen LogP contribution in [0.3, 0.4) is 0 Å². The molecule has 1 aromatic rings. The van der Waals surface area contributed by atoms with Gasteiger partial charge in [0.05, 0.1) is 0 Å². The number of amides is 1. The van der Waals surface area contributed by atoms with E-state index in [1.54, 1.807) is 11.0 Å². The van der Waals surface area contributed by atoms with E-state index in [2.05, 4.69) is 11.1 Å². The highest BCUT2D eigenvalue weighted by molar-refractivity contribution is 5.96. The van der Waals surface area contributed by atoms with Crippen LogP contribution >= 0.6 is 0 Å². The lowest BCUT2D eigenvalue weighted by atomic mass is 10.1. The first-order chi connectivity index (χ1) is 8.58. The van der Waals surface area contributed by atoms with E-state index < -0.39 is 5.97 Å². The first-order valence-corrected chi connectivity index (χ1v) is 5.72. The van der Waals surface area contributed by atoms with Crippen molar-refractivity contribution in [1.82, 2.24) is 9.88 Å². The van der Waals surface area contributed by atoms with Crippen LogP contribution in [-0.4, -0.2) is 40.0 Å². The summed E-state index contributed by atoms with van der Waals surface area (Å²) in [6.07, 6.45) is 4.30. The molecule has 0 spiro atoms. The lowest BCUT2D eigenvalue weighted by Gasteiger charge is -2.26. The summed E-state index contributed by atoms with van der Waals surface area (Å²) in [5.74, 6) is -1.27. The van der Waals surface area contributed by atoms with Gasteiger partial charge in [-0.15, -0.1) is 0 Å². The van der Waals surface area contributed by atoms with E-state index in [1.807, 2.05) is 6.92 Å². The topological polar surface area (TPSA) is 70.5 Å². The Hall–Kier alpha value is -2.17. The van der Waals surface area contributed by atoms with Gasteiger partial charge in [-0.25, -0.2) is 9.78 Å². The number of carbonyl (C=O) groups is 2. The monoisotopic (exact) mass is 246 g/mol. The molecule has 0 saturated carbocycles. The van der Waals surface area contributed by atoms with Crippen molar-refractivity contribution in [2.75, 3.05) is 13.1 Å². The predicted molar refractivity (Wildman–Crippen MR) is 65.5 cm³/mol. The highest BCUT2D eigenvalue weighted by atomic mass is 16.4. The summed E-state index contributed by atoms with van der Waals surface area (Å²) in [6.45, 7) is 3.25. The van der Waals surface area contributed by atoms with E-state index in [1.165, 1.54) is 12.3 Å². The normalized spacial score (nSPS) is 15.2. The van der Waals surface area contributed by atoms with Crippen LogP contribution in [-0.2, 0) is 0 Å². The Morgan fingerprint density at radius 1 is 1.44 bits per heavy atom. The van der Waals surface area contributed by atoms with Crippen molar-refractivity contribution in [3.8, 4) is 0 Å². The first-order valence-electron chi connectivity index (χ1n) is 5.72. The number of rotatable bonds is 2. The highest BCUT2D eigenvalue weighted by Crippen LogP contribution is 2.13. The number of hydrogen-bond donors (Lipinski definition) is 1. The van der Waals surface area contributed by atoms with Gasteiger partial charge in [0.25, 0.3) is 5.91 Å². The standard InChI is InChI=1S/C13H14N2O3/c1-9-3-2-6-15(8-9)12(16)10-4-5-14-11(7-10)13(17)18/h3-5,7H,2,6,8H2,1H3,(H,17,18). The van der Waals surface area contributed by atoms with Gasteiger partial charge in [0.1, 0.15) is 5.69 Å². The Morgan fingerprint density at radius 2 is 2.22 bits per heavy atom. The molecule has 0 bridgehead atoms. The molecule has 94 valence electrons. The molecule has 18 heavy (non-hydrogen) atoms. The maximum Gasteiger partial charge on any atom is 0.354 e. The van der Waals surface area contributed by atoms with Crippen molar-refractivity contribution >= 4 is 11.9 Å². The van der Waals surface area contributed by atoms with Crippen molar-refractivity contribution in [1.29, 1.82) is 0 Å². The molecule has 5 heteroatoms. The van der Waals surface area contributed by atoms with Crippen molar-refractivity contribution < 1.29 is 14.7 Å². The molecule has 0 atom stereocenters. The zero-order valence-electron chi connectivity index (χ0n) is 10.1. The summed E-state index contributed by atoms with van der Waals surface area (Å²) in [7, 11) is 0. The third-order valence-electron chi connectivity index (χ3n) is 2.85. The van der Waals surface area contributed by atoms with Crippen LogP contribution in [0.1, 0.15) is 34.2 Å². The van der Waals surface area contributed by atoms with E-state index in [-0.39, 0.29) is 11.6 Å². The van der Waals surface area contributed by atoms with Gasteiger partial charge in [-0.3, -0.25) is 4.79 Å². The van der Waals surface area contributed by atoms with Crippen LogP contribution in [0.2, 0.25) is 0 Å². The largest absolute Gasteiger partial charge is 0.477 e. The highest BCUT2D eigenvalue weighted by Gasteiger charge is 2.19. The second kappa shape index (κ2) is 5.00. The summed E-state index contributed by atoms with van der Waals surface area (Å²) >= 11 is 0. The van der Waals surface area contributed by atoms with Crippen LogP contribution in [0.4, 0.5) is 0 Å². The van der Waals surface area contributed by atoms with E-state index in [0.29, 0.717) is 18.7 Å². The van der Waals surface area contributed by atoms with Crippen molar-refractivity contribution in [3.63, 3.8) is 0 Å². The lowest BCUT2D eigenvalue weighted by molar-refractivity contribution is 0.0690. The van der Waals surface area contributed by atoms with Crippen molar-refractivity contribution in [2.24, 2.45) is 0 Å². The Labute approximate surface area is 105 Å². The quantitative estimate of drug-likeness (QED) is 0.804. The summed E-state index contributed by atoms with van der Waals surface area (Å²) < 4.78 is 0. The maximum absolute atomic E-state index is 12.2. The number of hydrogen-bond acceptors (Lipinski definition) is 3. The molecule has 2 heterocycles. The molecule has 1 aliphatic rings. The second-order valence-corrected chi connectivity index (χ2v) is 4.30. The van der Waals surface area contributed by atoms with Crippen LogP contribution in [0, 0.1) is 0 Å². The molecule has 1 aromatic heterocycles. The fourth-order valence-electron chi connectivity index (χ4n) is 1.95. The molecule has 5 nitrogen and oxygen atoms in total. The number of carbonyl (C=O) groups excluding carboxylic acids is 1. The van der Waals surface area contributed by atoms with Gasteiger partial charge < -0.3 is 10.0 Å². The Bertz CT molecular complexity index is 523. The molecule has 2 rings (SSSR count). The molecule has 0 aromatic carbocycles. The molecule has 0 aliphatic carbocycles. The van der Waals surface area contributed by atoms with Crippen molar-refractivity contribution in [3.05, 3.63) is 41.2 Å². The SMILES string of the molecule is CC1=CCCN(C(=O)c2ccnc(C(=O)O)c2)C1. The molecule has 0 saturated heterocycles. The maximum atomic E-state index is 12.2. The molecule has 0 fully saturated rings. The average molecular weight is 246 g/mol. The fourth-order valence-corrected chi connectivity index (χ4v) is 1.95. The summed E-state index contributed by atoms with van der Waals surface area (Å²) in [4.78, 5) is 28.4. The molecule has 1 aliphatic heterocycles. The smallest absolute Gasteiger partial charge is 0.354 e. The van der Waals surface area contributed by atoms with Gasteiger partial charge in [0.2, 0.25) is 0 Å². The zero-order valence-corrected chi connectivity index (χ0v) is 10.1. The Kier molecular flexibility index (Phi) is 3.41. The third kappa shape index (κ3) is 2.56. The minimum absolute atomic E-state index is 0.106. The number of carboxylic acids is 1. The summed E-state index contributed by atoms with van der Waals surface area (Å²) in [5, 5.41) is 8.85. The fraction of sp³-hybridized carbons (Fsp3) is 0.308. The van der Waals surface area contributed by atoms with Crippen LogP contribution in [0.5, 0.6) is 0 Å². The molecule has 0 unspecified atom stereocenters. The Morgan fingerprint density at radius 3 is 2.89 bits per heavy atom. The first kappa shape index (κ1) is 12.3. The second-order valence-electron chi connectivity index (χ2n) is 4.30. The summed E-state index contributed by atoms with van der Waals surface area (Å²) in [6, 6.07) is 2.86. The van der Waals surface area contributed by atoms with Gasteiger partial charge in [0.15, 0.2) is 0 Å². The minimum Gasteiger partial charge on any atom is -0.477 e.